The van der Waals surface area contributed by atoms with Gasteiger partial charge in [-0.15, -0.1) is 0 Å². The normalized spacial score (nSPS) is 36.4. The monoisotopic (exact) mass is 678 g/mol. The van der Waals surface area contributed by atoms with Crippen LogP contribution >= 0.6 is 11.6 Å². The predicted molar refractivity (Wildman–Crippen MR) is 187 cm³/mol. The molecule has 7 atom stereocenters. The van der Waals surface area contributed by atoms with Crippen LogP contribution in [-0.4, -0.2) is 95.7 Å². The number of phenolic OH excluding ortho intramolecular Hbond substituents is 1. The zero-order valence-electron chi connectivity index (χ0n) is 28.8. The summed E-state index contributed by atoms with van der Waals surface area (Å²) in [4.78, 5) is 19.6. The minimum atomic E-state index is -0.311. The minimum Gasteiger partial charge on any atom is -0.508 e. The lowest BCUT2D eigenvalue weighted by Crippen LogP contribution is -2.79. The number of nitrogens with one attached hydrogen (secondary N) is 2. The van der Waals surface area contributed by atoms with Crippen LogP contribution in [-0.2, 0) is 21.4 Å². The van der Waals surface area contributed by atoms with Crippen LogP contribution in [0.5, 0.6) is 5.75 Å². The number of carbonyl (C=O) groups is 1. The molecule has 6 aliphatic rings. The molecule has 3 heterocycles. The second-order valence-corrected chi connectivity index (χ2v) is 16.2. The maximum Gasteiger partial charge on any atom is 0.246 e. The third-order valence-electron chi connectivity index (χ3n) is 13.3. The van der Waals surface area contributed by atoms with Crippen LogP contribution in [0.25, 0.3) is 0 Å². The van der Waals surface area contributed by atoms with E-state index in [0.717, 1.165) is 51.6 Å². The summed E-state index contributed by atoms with van der Waals surface area (Å²) >= 11 is 6.79. The standard InChI is InChI=1S/C38H55ClN6O3/c1-3-34(47)45-20-19-44(23-27(45)14-17-40)35-31-13-16-37(15-12-30-32(37)21-29(46)22-33(30)39)25-38(31,26-9-6-4-5-7-10-26)42-36(41-35)48-24-28-11-8-18-43(28)2/h3,21-22,26-28,31,35-36,41-42,46H,1,4-16,18-20,23-25H2,2H3/t27-,28-,31?,35?,36?,37+,38?/m1/s1. The smallest absolute Gasteiger partial charge is 0.246 e. The van der Waals surface area contributed by atoms with Gasteiger partial charge in [-0.2, -0.15) is 5.26 Å². The van der Waals surface area contributed by atoms with Crippen LogP contribution in [0.15, 0.2) is 24.8 Å². The van der Waals surface area contributed by atoms with Gasteiger partial charge in [0.05, 0.1) is 31.3 Å². The zero-order chi connectivity index (χ0) is 33.5. The number of aromatic hydroxyl groups is 1. The Morgan fingerprint density at radius 3 is 2.67 bits per heavy atom. The lowest BCUT2D eigenvalue weighted by Gasteiger charge is -2.63. The van der Waals surface area contributed by atoms with Crippen molar-refractivity contribution in [2.45, 2.75) is 125 Å². The highest BCUT2D eigenvalue weighted by molar-refractivity contribution is 6.31. The van der Waals surface area contributed by atoms with Gasteiger partial charge >= 0.3 is 0 Å². The van der Waals surface area contributed by atoms with Gasteiger partial charge in [0.25, 0.3) is 0 Å². The molecule has 5 fully saturated rings. The van der Waals surface area contributed by atoms with Crippen molar-refractivity contribution in [1.82, 2.24) is 25.3 Å². The number of hydrogen-bond donors (Lipinski definition) is 3. The third-order valence-corrected chi connectivity index (χ3v) is 13.7. The van der Waals surface area contributed by atoms with E-state index in [0.29, 0.717) is 49.0 Å². The second kappa shape index (κ2) is 14.2. The van der Waals surface area contributed by atoms with Crippen molar-refractivity contribution in [3.63, 3.8) is 0 Å². The Bertz CT molecular complexity index is 1390. The van der Waals surface area contributed by atoms with Crippen LogP contribution in [0.2, 0.25) is 5.02 Å². The van der Waals surface area contributed by atoms with Crippen LogP contribution in [0.1, 0.15) is 94.6 Å². The number of piperazine rings is 1. The summed E-state index contributed by atoms with van der Waals surface area (Å²) in [7, 11) is 2.21. The molecule has 1 amide bonds. The second-order valence-electron chi connectivity index (χ2n) is 15.8. The fourth-order valence-electron chi connectivity index (χ4n) is 10.9. The van der Waals surface area contributed by atoms with Gasteiger partial charge in [-0.1, -0.05) is 43.9 Å². The van der Waals surface area contributed by atoms with Gasteiger partial charge in [0.2, 0.25) is 5.91 Å². The number of ether oxygens (including phenoxy) is 1. The molecule has 4 unspecified atom stereocenters. The first-order chi connectivity index (χ1) is 23.3. The molecule has 10 heteroatoms. The summed E-state index contributed by atoms with van der Waals surface area (Å²) in [5, 5.41) is 29.5. The minimum absolute atomic E-state index is 0.0500. The number of phenols is 1. The van der Waals surface area contributed by atoms with Gasteiger partial charge in [0, 0.05) is 42.2 Å². The number of halogens is 1. The van der Waals surface area contributed by atoms with E-state index in [2.05, 4.69) is 40.1 Å². The largest absolute Gasteiger partial charge is 0.508 e. The van der Waals surface area contributed by atoms with Gasteiger partial charge in [0.15, 0.2) is 6.35 Å². The number of carbonyl (C=O) groups excluding carboxylic acids is 1. The molecular weight excluding hydrogens is 624 g/mol. The van der Waals surface area contributed by atoms with Crippen molar-refractivity contribution in [3.8, 4) is 11.8 Å². The Labute approximate surface area is 292 Å². The number of nitriles is 1. The molecular formula is C38H55ClN6O3. The molecule has 3 saturated heterocycles. The number of rotatable bonds is 7. The molecule has 1 aromatic carbocycles. The topological polar surface area (TPSA) is 104 Å². The van der Waals surface area contributed by atoms with E-state index in [1.165, 1.54) is 62.1 Å². The van der Waals surface area contributed by atoms with Crippen molar-refractivity contribution < 1.29 is 14.6 Å². The number of fused-ring (bicyclic) bond motifs is 3. The van der Waals surface area contributed by atoms with Gasteiger partial charge < -0.3 is 19.6 Å². The first-order valence-electron chi connectivity index (χ1n) is 18.7. The molecule has 262 valence electrons. The number of likely N-dealkylation sites (N-methyl/N-ethyl adjacent to an activating group) is 1. The van der Waals surface area contributed by atoms with E-state index < -0.39 is 0 Å². The highest BCUT2D eigenvalue weighted by Gasteiger charge is 2.61. The molecule has 3 aliphatic carbocycles. The van der Waals surface area contributed by atoms with Crippen LogP contribution in [0.3, 0.4) is 0 Å². The summed E-state index contributed by atoms with van der Waals surface area (Å²) in [6.45, 7) is 7.50. The predicted octanol–water partition coefficient (Wildman–Crippen LogP) is 5.26. The fraction of sp³-hybridized carbons (Fsp3) is 0.737. The van der Waals surface area contributed by atoms with Gasteiger partial charge in [-0.3, -0.25) is 20.3 Å². The Morgan fingerprint density at radius 1 is 1.12 bits per heavy atom. The molecule has 0 radical (unpaired) electrons. The van der Waals surface area contributed by atoms with E-state index in [1.807, 2.05) is 11.0 Å². The van der Waals surface area contributed by atoms with Crippen LogP contribution in [0, 0.1) is 23.2 Å². The third kappa shape index (κ3) is 6.31. The van der Waals surface area contributed by atoms with Gasteiger partial charge in [0.1, 0.15) is 5.75 Å². The average Bonchev–Trinajstić information content (AvgIpc) is 3.52. The molecule has 3 aliphatic heterocycles. The molecule has 0 aromatic heterocycles. The molecule has 2 saturated carbocycles. The van der Waals surface area contributed by atoms with Crippen LogP contribution in [0.4, 0.5) is 0 Å². The molecule has 9 nitrogen and oxygen atoms in total. The Morgan fingerprint density at radius 2 is 1.94 bits per heavy atom. The summed E-state index contributed by atoms with van der Waals surface area (Å²) in [6.07, 6.45) is 16.4. The number of hydrogen-bond acceptors (Lipinski definition) is 8. The Hall–Kier alpha value is -2.19. The first-order valence-corrected chi connectivity index (χ1v) is 19.1. The summed E-state index contributed by atoms with van der Waals surface area (Å²) in [5.41, 5.74) is 2.24. The van der Waals surface area contributed by atoms with Crippen molar-refractivity contribution in [3.05, 3.63) is 40.9 Å². The van der Waals surface area contributed by atoms with Crippen molar-refractivity contribution >= 4 is 17.5 Å². The Kier molecular flexibility index (Phi) is 10.1. The summed E-state index contributed by atoms with van der Waals surface area (Å²) in [5.74, 6) is 0.993. The Balaban J connectivity index is 1.27. The van der Waals surface area contributed by atoms with E-state index in [4.69, 9.17) is 16.3 Å². The summed E-state index contributed by atoms with van der Waals surface area (Å²) < 4.78 is 6.88. The van der Waals surface area contributed by atoms with E-state index in [1.54, 1.807) is 6.07 Å². The number of likely N-dealkylation sites (tertiary alicyclic amines) is 1. The quantitative estimate of drug-likeness (QED) is 0.265. The number of amides is 1. The van der Waals surface area contributed by atoms with Crippen molar-refractivity contribution in [1.29, 1.82) is 5.26 Å². The highest BCUT2D eigenvalue weighted by atomic mass is 35.5. The molecule has 0 bridgehead atoms. The maximum atomic E-state index is 12.8. The molecule has 1 aromatic rings. The van der Waals surface area contributed by atoms with E-state index in [-0.39, 0.29) is 41.2 Å². The molecule has 3 N–H and O–H groups in total. The molecule has 7 rings (SSSR count). The first kappa shape index (κ1) is 34.3. The lowest BCUT2D eigenvalue weighted by molar-refractivity contribution is -0.158. The maximum absolute atomic E-state index is 12.8. The van der Waals surface area contributed by atoms with Crippen molar-refractivity contribution in [2.24, 2.45) is 11.8 Å². The SMILES string of the molecule is C=CC(=O)N1CCN(C2NC(OC[C@H]3CCCN3C)NC3(C4CCCCCC4)C[C@]4(CCc5c(Cl)cc(O)cc54)CCC23)C[C@H]1CC#N. The highest BCUT2D eigenvalue weighted by Crippen LogP contribution is 2.59. The van der Waals surface area contributed by atoms with Gasteiger partial charge in [-0.25, -0.2) is 0 Å². The summed E-state index contributed by atoms with van der Waals surface area (Å²) in [6, 6.07) is 6.32. The number of nitrogens with zero attached hydrogens (tertiary/aromatic N) is 4. The van der Waals surface area contributed by atoms with Gasteiger partial charge in [-0.05, 0) is 112 Å². The average molecular weight is 679 g/mol. The molecule has 1 spiro atoms. The van der Waals surface area contributed by atoms with Crippen molar-refractivity contribution in [2.75, 3.05) is 39.8 Å². The van der Waals surface area contributed by atoms with E-state index in [9.17, 15) is 15.2 Å². The fourth-order valence-corrected chi connectivity index (χ4v) is 11.2. The zero-order valence-corrected chi connectivity index (χ0v) is 29.5. The lowest BCUT2D eigenvalue weighted by atomic mass is 9.53. The van der Waals surface area contributed by atoms with E-state index >= 15 is 0 Å². The number of benzene rings is 1. The van der Waals surface area contributed by atoms with Crippen LogP contribution < -0.4 is 10.6 Å². The molecule has 48 heavy (non-hydrogen) atoms.